The third-order valence-electron chi connectivity index (χ3n) is 4.02. The van der Waals surface area contributed by atoms with E-state index in [1.807, 2.05) is 24.4 Å². The minimum absolute atomic E-state index is 0.403. The van der Waals surface area contributed by atoms with Gasteiger partial charge in [0, 0.05) is 18.1 Å². The molecule has 0 spiro atoms. The number of fused-ring (bicyclic) bond motifs is 1. The molecule has 2 aromatic rings. The van der Waals surface area contributed by atoms with E-state index in [2.05, 4.69) is 11.5 Å². The third kappa shape index (κ3) is 4.10. The van der Waals surface area contributed by atoms with Crippen LogP contribution in [0.5, 0.6) is 0 Å². The third-order valence-corrected chi connectivity index (χ3v) is 4.02. The lowest BCUT2D eigenvalue weighted by Gasteiger charge is -2.08. The molecule has 0 aliphatic heterocycles. The summed E-state index contributed by atoms with van der Waals surface area (Å²) in [6.07, 6.45) is 10.9. The molecule has 1 heterocycles. The smallest absolute Gasteiger partial charge is 0.337 e. The average Bonchev–Trinajstić information content (AvgIpc) is 2.89. The van der Waals surface area contributed by atoms with Crippen molar-refractivity contribution in [1.29, 1.82) is 0 Å². The molecule has 0 saturated carbocycles. The summed E-state index contributed by atoms with van der Waals surface area (Å²) in [6, 6.07) is 7.47. The number of carboxylic acids is 1. The molecule has 2 rings (SSSR count). The van der Waals surface area contributed by atoms with E-state index >= 15 is 0 Å². The van der Waals surface area contributed by atoms with Gasteiger partial charge in [0.1, 0.15) is 0 Å². The summed E-state index contributed by atoms with van der Waals surface area (Å²) < 4.78 is 2.09. The second-order valence-corrected chi connectivity index (χ2v) is 5.68. The van der Waals surface area contributed by atoms with Gasteiger partial charge in [0.2, 0.25) is 0 Å². The zero-order chi connectivity index (χ0) is 15.1. The molecule has 0 radical (unpaired) electrons. The molecule has 0 amide bonds. The van der Waals surface area contributed by atoms with Crippen molar-refractivity contribution >= 4 is 16.9 Å². The zero-order valence-corrected chi connectivity index (χ0v) is 12.8. The van der Waals surface area contributed by atoms with Gasteiger partial charge in [-0.3, -0.25) is 0 Å². The van der Waals surface area contributed by atoms with Crippen LogP contribution in [0.25, 0.3) is 10.9 Å². The maximum Gasteiger partial charge on any atom is 0.337 e. The van der Waals surface area contributed by atoms with Crippen LogP contribution in [0.15, 0.2) is 30.5 Å². The lowest BCUT2D eigenvalue weighted by atomic mass is 10.1. The van der Waals surface area contributed by atoms with Gasteiger partial charge in [-0.25, -0.2) is 4.79 Å². The van der Waals surface area contributed by atoms with Crippen LogP contribution in [-0.2, 0) is 6.54 Å². The van der Waals surface area contributed by atoms with Crippen LogP contribution in [-0.4, -0.2) is 15.6 Å². The lowest BCUT2D eigenvalue weighted by Crippen LogP contribution is -2.03. The van der Waals surface area contributed by atoms with E-state index in [1.54, 1.807) is 6.07 Å². The van der Waals surface area contributed by atoms with Crippen LogP contribution < -0.4 is 0 Å². The predicted octanol–water partition coefficient (Wildman–Crippen LogP) is 5.09. The van der Waals surface area contributed by atoms with Gasteiger partial charge in [-0.1, -0.05) is 57.6 Å². The molecule has 0 fully saturated rings. The van der Waals surface area contributed by atoms with Crippen LogP contribution in [0.1, 0.15) is 62.2 Å². The molecule has 0 aliphatic rings. The van der Waals surface area contributed by atoms with E-state index in [-0.39, 0.29) is 0 Å². The summed E-state index contributed by atoms with van der Waals surface area (Å²) in [7, 11) is 0. The van der Waals surface area contributed by atoms with Gasteiger partial charge < -0.3 is 9.67 Å². The molecular formula is C18H25NO2. The summed E-state index contributed by atoms with van der Waals surface area (Å²) in [5.74, 6) is -0.847. The fourth-order valence-electron chi connectivity index (χ4n) is 2.86. The van der Waals surface area contributed by atoms with Crippen molar-refractivity contribution in [3.63, 3.8) is 0 Å². The van der Waals surface area contributed by atoms with Gasteiger partial charge in [0.05, 0.1) is 11.1 Å². The first-order chi connectivity index (χ1) is 10.2. The van der Waals surface area contributed by atoms with Crippen molar-refractivity contribution in [3.05, 3.63) is 36.0 Å². The molecular weight excluding hydrogens is 262 g/mol. The fraction of sp³-hybridized carbons (Fsp3) is 0.500. The number of hydrogen-bond acceptors (Lipinski definition) is 1. The Labute approximate surface area is 126 Å². The van der Waals surface area contributed by atoms with Crippen LogP contribution >= 0.6 is 0 Å². The predicted molar refractivity (Wildman–Crippen MR) is 86.9 cm³/mol. The van der Waals surface area contributed by atoms with Crippen molar-refractivity contribution < 1.29 is 9.90 Å². The van der Waals surface area contributed by atoms with Gasteiger partial charge >= 0.3 is 5.97 Å². The Kier molecular flexibility index (Phi) is 5.85. The number of para-hydroxylation sites is 1. The van der Waals surface area contributed by atoms with Gasteiger partial charge in [0.15, 0.2) is 0 Å². The first kappa shape index (κ1) is 15.6. The molecule has 3 heteroatoms. The number of nitrogens with zero attached hydrogens (tertiary/aromatic N) is 1. The number of hydrogen-bond donors (Lipinski definition) is 1. The quantitative estimate of drug-likeness (QED) is 0.653. The monoisotopic (exact) mass is 287 g/mol. The van der Waals surface area contributed by atoms with Crippen LogP contribution in [0.2, 0.25) is 0 Å². The Bertz CT molecular complexity index is 586. The van der Waals surface area contributed by atoms with E-state index in [9.17, 15) is 9.90 Å². The Balaban J connectivity index is 1.92. The summed E-state index contributed by atoms with van der Waals surface area (Å²) in [6.45, 7) is 3.14. The lowest BCUT2D eigenvalue weighted by molar-refractivity contribution is 0.0698. The van der Waals surface area contributed by atoms with Crippen molar-refractivity contribution in [1.82, 2.24) is 4.57 Å². The maximum atomic E-state index is 11.3. The molecule has 1 N–H and O–H groups in total. The highest BCUT2D eigenvalue weighted by Gasteiger charge is 2.11. The molecule has 0 bridgehead atoms. The van der Waals surface area contributed by atoms with Crippen molar-refractivity contribution in [2.75, 3.05) is 0 Å². The molecule has 3 nitrogen and oxygen atoms in total. The van der Waals surface area contributed by atoms with Gasteiger partial charge in [-0.2, -0.15) is 0 Å². The number of aromatic nitrogens is 1. The molecule has 0 saturated heterocycles. The highest BCUT2D eigenvalue weighted by atomic mass is 16.4. The minimum atomic E-state index is -0.847. The number of benzene rings is 1. The molecule has 0 unspecified atom stereocenters. The molecule has 1 aromatic carbocycles. The number of unbranched alkanes of at least 4 members (excludes halogenated alkanes) is 6. The van der Waals surface area contributed by atoms with Crippen molar-refractivity contribution in [2.24, 2.45) is 0 Å². The van der Waals surface area contributed by atoms with Crippen LogP contribution in [0.3, 0.4) is 0 Å². The zero-order valence-electron chi connectivity index (χ0n) is 12.8. The second kappa shape index (κ2) is 7.87. The Hall–Kier alpha value is -1.77. The minimum Gasteiger partial charge on any atom is -0.478 e. The second-order valence-electron chi connectivity index (χ2n) is 5.68. The Morgan fingerprint density at radius 2 is 1.76 bits per heavy atom. The van der Waals surface area contributed by atoms with Crippen molar-refractivity contribution in [3.8, 4) is 0 Å². The largest absolute Gasteiger partial charge is 0.478 e. The Morgan fingerprint density at radius 3 is 2.48 bits per heavy atom. The highest BCUT2D eigenvalue weighted by Crippen LogP contribution is 2.21. The first-order valence-corrected chi connectivity index (χ1v) is 8.05. The topological polar surface area (TPSA) is 42.2 Å². The summed E-state index contributed by atoms with van der Waals surface area (Å²) in [4.78, 5) is 11.3. The van der Waals surface area contributed by atoms with E-state index < -0.39 is 5.97 Å². The fourth-order valence-corrected chi connectivity index (χ4v) is 2.86. The normalized spacial score (nSPS) is 11.1. The summed E-state index contributed by atoms with van der Waals surface area (Å²) >= 11 is 0. The molecule has 0 aliphatic carbocycles. The van der Waals surface area contributed by atoms with Crippen LogP contribution in [0.4, 0.5) is 0 Å². The molecule has 114 valence electrons. The van der Waals surface area contributed by atoms with Crippen molar-refractivity contribution in [2.45, 2.75) is 58.4 Å². The Morgan fingerprint density at radius 1 is 1.05 bits per heavy atom. The van der Waals surface area contributed by atoms with E-state index in [4.69, 9.17) is 0 Å². The average molecular weight is 287 g/mol. The van der Waals surface area contributed by atoms with Gasteiger partial charge in [-0.15, -0.1) is 0 Å². The van der Waals surface area contributed by atoms with E-state index in [0.29, 0.717) is 5.56 Å². The molecule has 1 aromatic heterocycles. The summed E-state index contributed by atoms with van der Waals surface area (Å²) in [5, 5.41) is 10.3. The SMILES string of the molecule is CCCCCCCCCn1ccc2cccc(C(=O)O)c21. The number of aromatic carboxylic acids is 1. The highest BCUT2D eigenvalue weighted by molar-refractivity contribution is 6.02. The van der Waals surface area contributed by atoms with Gasteiger partial charge in [0.25, 0.3) is 0 Å². The van der Waals surface area contributed by atoms with E-state index in [0.717, 1.165) is 23.9 Å². The molecule has 21 heavy (non-hydrogen) atoms. The van der Waals surface area contributed by atoms with Gasteiger partial charge in [-0.05, 0) is 18.6 Å². The summed E-state index contributed by atoms with van der Waals surface area (Å²) in [5.41, 5.74) is 1.26. The number of carboxylic acid groups (broad SMARTS) is 1. The number of rotatable bonds is 9. The first-order valence-electron chi connectivity index (χ1n) is 8.05. The number of aryl methyl sites for hydroxylation is 1. The van der Waals surface area contributed by atoms with E-state index in [1.165, 1.54) is 38.5 Å². The standard InChI is InChI=1S/C18H25NO2/c1-2-3-4-5-6-7-8-13-19-14-12-15-10-9-11-16(17(15)19)18(20)21/h9-12,14H,2-8,13H2,1H3,(H,20,21). The van der Waals surface area contributed by atoms with Crippen LogP contribution in [0, 0.1) is 0 Å². The number of carbonyl (C=O) groups is 1. The maximum absolute atomic E-state index is 11.3. The molecule has 0 atom stereocenters.